The Hall–Kier alpha value is -1.65. The molecule has 3 aliphatic rings. The maximum Gasteiger partial charge on any atom is 0.305 e. The number of likely N-dealkylation sites (tertiary alicyclic amines) is 1. The Bertz CT molecular complexity index is 1030. The van der Waals surface area contributed by atoms with Gasteiger partial charge in [-0.15, -0.1) is 24.8 Å². The van der Waals surface area contributed by atoms with Crippen molar-refractivity contribution in [2.24, 2.45) is 5.92 Å². The van der Waals surface area contributed by atoms with Crippen LogP contribution in [0.5, 0.6) is 0 Å². The van der Waals surface area contributed by atoms with E-state index >= 15 is 0 Å². The number of ketones is 1. The summed E-state index contributed by atoms with van der Waals surface area (Å²) in [5, 5.41) is 0.0489. The zero-order valence-corrected chi connectivity index (χ0v) is 25.0. The molecule has 1 aromatic rings. The van der Waals surface area contributed by atoms with Crippen molar-refractivity contribution >= 4 is 55.1 Å². The van der Waals surface area contributed by atoms with Gasteiger partial charge in [0.15, 0.2) is 5.78 Å². The fourth-order valence-electron chi connectivity index (χ4n) is 5.18. The molecule has 0 radical (unpaired) electrons. The predicted molar refractivity (Wildman–Crippen MR) is 157 cm³/mol. The maximum atomic E-state index is 14.8. The van der Waals surface area contributed by atoms with Crippen LogP contribution in [-0.2, 0) is 19.1 Å². The van der Waals surface area contributed by atoms with Crippen LogP contribution in [0.15, 0.2) is 35.9 Å². The molecule has 2 unspecified atom stereocenters. The highest BCUT2D eigenvalue weighted by Crippen LogP contribution is 2.39. The van der Waals surface area contributed by atoms with Crippen molar-refractivity contribution in [1.82, 2.24) is 14.7 Å². The molecule has 4 rings (SSSR count). The first kappa shape index (κ1) is 33.6. The largest absolute Gasteiger partial charge is 0.466 e. The number of esters is 1. The molecule has 1 amide bonds. The lowest BCUT2D eigenvalue weighted by Gasteiger charge is -2.38. The van der Waals surface area contributed by atoms with Gasteiger partial charge in [-0.25, -0.2) is 4.39 Å². The van der Waals surface area contributed by atoms with Crippen LogP contribution in [0.2, 0.25) is 0 Å². The Morgan fingerprint density at radius 1 is 1.13 bits per heavy atom. The molecule has 2 atom stereocenters. The summed E-state index contributed by atoms with van der Waals surface area (Å²) in [4.78, 5) is 43.6. The summed E-state index contributed by atoms with van der Waals surface area (Å²) in [6, 6.07) is 6.00. The average Bonchev–Trinajstić information content (AvgIpc) is 3.72. The van der Waals surface area contributed by atoms with Gasteiger partial charge in [0, 0.05) is 55.9 Å². The van der Waals surface area contributed by atoms with E-state index in [2.05, 4.69) is 15.9 Å². The van der Waals surface area contributed by atoms with Gasteiger partial charge in [-0.2, -0.15) is 12.6 Å². The van der Waals surface area contributed by atoms with Gasteiger partial charge in [-0.1, -0.05) is 24.3 Å². The van der Waals surface area contributed by atoms with Crippen LogP contribution >= 0.6 is 37.4 Å². The van der Waals surface area contributed by atoms with Crippen LogP contribution in [0, 0.1) is 11.7 Å². The number of halogens is 3. The molecule has 1 aliphatic carbocycles. The highest BCUT2D eigenvalue weighted by atomic mass is 35.5. The van der Waals surface area contributed by atoms with E-state index in [9.17, 15) is 18.8 Å². The van der Waals surface area contributed by atoms with Crippen LogP contribution in [0.25, 0.3) is 0 Å². The number of piperazine rings is 1. The second kappa shape index (κ2) is 16.0. The summed E-state index contributed by atoms with van der Waals surface area (Å²) < 4.78 is 19.7. The first-order chi connectivity index (χ1) is 17.9. The fraction of sp³-hybridized carbons (Fsp3) is 0.607. The van der Waals surface area contributed by atoms with Crippen LogP contribution < -0.4 is 0 Å². The zero-order valence-electron chi connectivity index (χ0n) is 22.4. The number of benzene rings is 1. The summed E-state index contributed by atoms with van der Waals surface area (Å²) in [6.45, 7) is 6.31. The number of hydrogen-bond donors (Lipinski definition) is 1. The minimum Gasteiger partial charge on any atom is -0.466 e. The minimum absolute atomic E-state index is 0. The molecule has 0 aromatic heterocycles. The molecule has 0 bridgehead atoms. The van der Waals surface area contributed by atoms with Crippen LogP contribution in [-0.4, -0.2) is 90.0 Å². The van der Waals surface area contributed by atoms with E-state index in [1.165, 1.54) is 6.07 Å². The topological polar surface area (TPSA) is 70.2 Å². The molecule has 3 fully saturated rings. The number of nitrogens with zero attached hydrogens (tertiary/aromatic N) is 3. The summed E-state index contributed by atoms with van der Waals surface area (Å²) in [5.74, 6) is -0.340. The monoisotopic (exact) mass is 603 g/mol. The summed E-state index contributed by atoms with van der Waals surface area (Å²) in [6.07, 6.45) is 5.64. The van der Waals surface area contributed by atoms with Crippen LogP contribution in [0.3, 0.4) is 0 Å². The summed E-state index contributed by atoms with van der Waals surface area (Å²) in [5.41, 5.74) is 1.52. The SMILES string of the molecule is CCOC(=O)CCCN1CCN(CC=C2CN(C(C(=O)C3CC3)c3ccccc3F)CCC2S)C(=O)C1.Cl.Cl. The molecule has 218 valence electrons. The molecule has 1 saturated carbocycles. The van der Waals surface area contributed by atoms with Crippen molar-refractivity contribution in [3.8, 4) is 0 Å². The van der Waals surface area contributed by atoms with Crippen molar-refractivity contribution in [2.45, 2.75) is 50.3 Å². The third-order valence-corrected chi connectivity index (χ3v) is 8.04. The number of thiol groups is 1. The second-order valence-electron chi connectivity index (χ2n) is 10.2. The highest BCUT2D eigenvalue weighted by molar-refractivity contribution is 7.81. The fourth-order valence-corrected chi connectivity index (χ4v) is 5.48. The van der Waals surface area contributed by atoms with E-state index < -0.39 is 6.04 Å². The molecule has 2 heterocycles. The Labute approximate surface area is 248 Å². The van der Waals surface area contributed by atoms with E-state index in [1.807, 2.05) is 4.90 Å². The number of hydrogen-bond acceptors (Lipinski definition) is 7. The molecule has 2 saturated heterocycles. The van der Waals surface area contributed by atoms with Gasteiger partial charge >= 0.3 is 5.97 Å². The van der Waals surface area contributed by atoms with Crippen molar-refractivity contribution in [3.05, 3.63) is 47.3 Å². The molecule has 2 aliphatic heterocycles. The lowest BCUT2D eigenvalue weighted by atomic mass is 9.93. The molecular formula is C28H40Cl2FN3O4S. The average molecular weight is 605 g/mol. The molecule has 0 N–H and O–H groups in total. The van der Waals surface area contributed by atoms with Gasteiger partial charge < -0.3 is 9.64 Å². The van der Waals surface area contributed by atoms with Crippen molar-refractivity contribution in [2.75, 3.05) is 52.4 Å². The number of Topliss-reactive ketones (excluding diaryl/α,β-unsaturated/α-hetero) is 1. The Morgan fingerprint density at radius 3 is 2.54 bits per heavy atom. The number of ether oxygens (including phenoxy) is 1. The van der Waals surface area contributed by atoms with Gasteiger partial charge in [-0.3, -0.25) is 24.2 Å². The Balaban J connectivity index is 0.00000267. The predicted octanol–water partition coefficient (Wildman–Crippen LogP) is 4.11. The van der Waals surface area contributed by atoms with Crippen LogP contribution in [0.4, 0.5) is 4.39 Å². The third kappa shape index (κ3) is 9.18. The van der Waals surface area contributed by atoms with Crippen molar-refractivity contribution < 1.29 is 23.5 Å². The number of piperidine rings is 1. The first-order valence-corrected chi connectivity index (χ1v) is 13.9. The smallest absolute Gasteiger partial charge is 0.305 e. The van der Waals surface area contributed by atoms with E-state index in [1.54, 1.807) is 25.1 Å². The lowest BCUT2D eigenvalue weighted by molar-refractivity contribution is -0.143. The Morgan fingerprint density at radius 2 is 1.87 bits per heavy atom. The number of carbonyl (C=O) groups excluding carboxylic acids is 3. The van der Waals surface area contributed by atoms with Crippen LogP contribution in [0.1, 0.15) is 50.6 Å². The number of rotatable bonds is 11. The second-order valence-corrected chi connectivity index (χ2v) is 10.8. The lowest BCUT2D eigenvalue weighted by Crippen LogP contribution is -2.50. The molecule has 11 heteroatoms. The summed E-state index contributed by atoms with van der Waals surface area (Å²) >= 11 is 4.78. The Kier molecular flexibility index (Phi) is 13.7. The first-order valence-electron chi connectivity index (χ1n) is 13.4. The normalized spacial score (nSPS) is 22.1. The molecule has 7 nitrogen and oxygen atoms in total. The van der Waals surface area contributed by atoms with Gasteiger partial charge in [0.05, 0.1) is 19.2 Å². The van der Waals surface area contributed by atoms with Crippen molar-refractivity contribution in [3.63, 3.8) is 0 Å². The molecule has 1 aromatic carbocycles. The number of carbonyl (C=O) groups is 3. The highest BCUT2D eigenvalue weighted by Gasteiger charge is 2.41. The van der Waals surface area contributed by atoms with Gasteiger partial charge in [0.2, 0.25) is 5.91 Å². The van der Waals surface area contributed by atoms with Gasteiger partial charge in [-0.05, 0) is 50.8 Å². The minimum atomic E-state index is -0.585. The van der Waals surface area contributed by atoms with Crippen molar-refractivity contribution in [1.29, 1.82) is 0 Å². The molecule has 0 spiro atoms. The number of amides is 1. The van der Waals surface area contributed by atoms with E-state index in [-0.39, 0.29) is 59.5 Å². The van der Waals surface area contributed by atoms with E-state index in [4.69, 9.17) is 17.4 Å². The van der Waals surface area contributed by atoms with Gasteiger partial charge in [0.1, 0.15) is 5.82 Å². The quantitative estimate of drug-likeness (QED) is 0.233. The zero-order chi connectivity index (χ0) is 26.4. The maximum absolute atomic E-state index is 14.8. The van der Waals surface area contributed by atoms with Gasteiger partial charge in [0.25, 0.3) is 0 Å². The standard InChI is InChI=1S/C28H38FN3O4S.2ClH/c1-2-36-26(34)8-5-13-30-16-17-31(25(33)19-30)14-11-21-18-32(15-12-24(21)37)27(28(35)20-9-10-20)22-6-3-4-7-23(22)29;;/h3-4,6-7,11,20,24,27,37H,2,5,8-10,12-19H2,1H3;2*1H. The third-order valence-electron chi connectivity index (χ3n) is 7.45. The molecule has 39 heavy (non-hydrogen) atoms. The van der Waals surface area contributed by atoms with E-state index in [0.717, 1.165) is 31.4 Å². The van der Waals surface area contributed by atoms with E-state index in [0.29, 0.717) is 64.3 Å². The summed E-state index contributed by atoms with van der Waals surface area (Å²) in [7, 11) is 0. The molecular weight excluding hydrogens is 564 g/mol.